The Kier molecular flexibility index (Phi) is 5.65. The fraction of sp³-hybridized carbons (Fsp3) is 0.217. The summed E-state index contributed by atoms with van der Waals surface area (Å²) in [6, 6.07) is 14.4. The van der Waals surface area contributed by atoms with Gasteiger partial charge in [0.05, 0.1) is 29.4 Å². The van der Waals surface area contributed by atoms with Crippen LogP contribution in [0.25, 0.3) is 15.8 Å². The average molecular weight is 424 g/mol. The molecule has 4 rings (SSSR count). The van der Waals surface area contributed by atoms with E-state index in [1.807, 2.05) is 54.9 Å². The first-order valence-electron chi connectivity index (χ1n) is 9.61. The number of hydrogen-bond donors (Lipinski definition) is 1. The normalized spacial score (nSPS) is 12.3. The molecule has 1 N–H and O–H groups in total. The second-order valence-electron chi connectivity index (χ2n) is 7.08. The third kappa shape index (κ3) is 3.62. The molecule has 0 aliphatic heterocycles. The van der Waals surface area contributed by atoms with Gasteiger partial charge in [0.1, 0.15) is 5.82 Å². The smallest absolute Gasteiger partial charge is 0.262 e. The molecule has 1 unspecified atom stereocenters. The first-order valence-corrected chi connectivity index (χ1v) is 10.4. The van der Waals surface area contributed by atoms with Gasteiger partial charge in [0.15, 0.2) is 0 Å². The summed E-state index contributed by atoms with van der Waals surface area (Å²) in [7, 11) is 1.54. The molecular formula is C23H22FN3O2S. The minimum atomic E-state index is -0.345. The lowest BCUT2D eigenvalue weighted by atomic mass is 10.1. The number of amides is 1. The number of methoxy groups -OCH3 is 1. The lowest BCUT2D eigenvalue weighted by Crippen LogP contribution is -2.27. The van der Waals surface area contributed by atoms with Crippen LogP contribution in [0.2, 0.25) is 0 Å². The van der Waals surface area contributed by atoms with E-state index in [1.165, 1.54) is 24.5 Å². The van der Waals surface area contributed by atoms with Crippen molar-refractivity contribution >= 4 is 27.3 Å². The number of halogens is 1. The van der Waals surface area contributed by atoms with E-state index >= 15 is 0 Å². The zero-order valence-electron chi connectivity index (χ0n) is 17.0. The van der Waals surface area contributed by atoms with Gasteiger partial charge in [-0.15, -0.1) is 11.3 Å². The van der Waals surface area contributed by atoms with E-state index in [9.17, 15) is 9.18 Å². The van der Waals surface area contributed by atoms with Crippen LogP contribution in [-0.2, 0) is 11.3 Å². The number of para-hydroxylation sites is 1. The predicted octanol–water partition coefficient (Wildman–Crippen LogP) is 5.17. The number of fused-ring (bicyclic) bond motifs is 1. The van der Waals surface area contributed by atoms with Gasteiger partial charge in [-0.25, -0.2) is 9.07 Å². The number of benzene rings is 2. The average Bonchev–Trinajstić information content (AvgIpc) is 3.31. The summed E-state index contributed by atoms with van der Waals surface area (Å²) in [4.78, 5) is 13.6. The van der Waals surface area contributed by atoms with Gasteiger partial charge in [0, 0.05) is 34.0 Å². The number of ether oxygens (including phenoxy) is 1. The van der Waals surface area contributed by atoms with E-state index in [0.717, 1.165) is 21.6 Å². The lowest BCUT2D eigenvalue weighted by Gasteiger charge is -2.14. The van der Waals surface area contributed by atoms with Gasteiger partial charge >= 0.3 is 0 Å². The third-order valence-electron chi connectivity index (χ3n) is 5.12. The second kappa shape index (κ2) is 8.38. The Morgan fingerprint density at radius 2 is 2.00 bits per heavy atom. The van der Waals surface area contributed by atoms with Crippen molar-refractivity contribution in [3.05, 3.63) is 82.2 Å². The summed E-state index contributed by atoms with van der Waals surface area (Å²) >= 11 is 1.28. The Morgan fingerprint density at radius 1 is 1.23 bits per heavy atom. The number of nitrogens with one attached hydrogen (secondary N) is 1. The van der Waals surface area contributed by atoms with Crippen LogP contribution in [0.5, 0.6) is 0 Å². The van der Waals surface area contributed by atoms with Crippen molar-refractivity contribution in [1.82, 2.24) is 15.1 Å². The molecule has 0 aliphatic carbocycles. The fourth-order valence-corrected chi connectivity index (χ4v) is 4.77. The molecule has 0 saturated heterocycles. The number of thiophene rings is 1. The number of hydrogen-bond acceptors (Lipinski definition) is 4. The lowest BCUT2D eigenvalue weighted by molar-refractivity contribution is 0.0939. The van der Waals surface area contributed by atoms with E-state index in [-0.39, 0.29) is 24.4 Å². The molecule has 0 spiro atoms. The number of rotatable bonds is 6. The fourth-order valence-electron chi connectivity index (χ4n) is 3.65. The van der Waals surface area contributed by atoms with Crippen LogP contribution in [0.15, 0.2) is 54.7 Å². The maximum Gasteiger partial charge on any atom is 0.262 e. The molecule has 154 valence electrons. The van der Waals surface area contributed by atoms with Crippen molar-refractivity contribution in [3.63, 3.8) is 0 Å². The van der Waals surface area contributed by atoms with Crippen molar-refractivity contribution in [1.29, 1.82) is 0 Å². The minimum Gasteiger partial charge on any atom is -0.380 e. The molecule has 1 atom stereocenters. The summed E-state index contributed by atoms with van der Waals surface area (Å²) in [5, 5.41) is 7.97. The van der Waals surface area contributed by atoms with E-state index in [4.69, 9.17) is 4.74 Å². The van der Waals surface area contributed by atoms with E-state index in [1.54, 1.807) is 12.3 Å². The monoisotopic (exact) mass is 423 g/mol. The van der Waals surface area contributed by atoms with Crippen molar-refractivity contribution in [2.45, 2.75) is 26.5 Å². The van der Waals surface area contributed by atoms with Crippen LogP contribution in [0.4, 0.5) is 4.39 Å². The molecule has 1 amide bonds. The Hall–Kier alpha value is -3.03. The second-order valence-corrected chi connectivity index (χ2v) is 8.14. The van der Waals surface area contributed by atoms with Gasteiger partial charge in [-0.05, 0) is 38.1 Å². The zero-order chi connectivity index (χ0) is 21.3. The predicted molar refractivity (Wildman–Crippen MR) is 117 cm³/mol. The SMILES string of the molecule is COCc1c(C(=O)NC(C)c2cnn(-c3ccccc3)c2C)sc2cccc(F)c12. The number of aromatic nitrogens is 2. The van der Waals surface area contributed by atoms with E-state index in [0.29, 0.717) is 15.8 Å². The van der Waals surface area contributed by atoms with Gasteiger partial charge in [-0.1, -0.05) is 24.3 Å². The molecule has 0 bridgehead atoms. The third-order valence-corrected chi connectivity index (χ3v) is 6.32. The van der Waals surface area contributed by atoms with Crippen molar-refractivity contribution in [3.8, 4) is 5.69 Å². The molecular weight excluding hydrogens is 401 g/mol. The minimum absolute atomic E-state index is 0.170. The molecule has 2 aromatic heterocycles. The summed E-state index contributed by atoms with van der Waals surface area (Å²) in [5.41, 5.74) is 3.42. The summed E-state index contributed by atoms with van der Waals surface area (Å²) < 4.78 is 22.2. The van der Waals surface area contributed by atoms with Crippen LogP contribution in [0.1, 0.15) is 39.5 Å². The van der Waals surface area contributed by atoms with Gasteiger partial charge in [0.25, 0.3) is 5.91 Å². The van der Waals surface area contributed by atoms with Crippen molar-refractivity contribution in [2.75, 3.05) is 7.11 Å². The van der Waals surface area contributed by atoms with Gasteiger partial charge in [-0.3, -0.25) is 4.79 Å². The summed E-state index contributed by atoms with van der Waals surface area (Å²) in [6.45, 7) is 4.06. The largest absolute Gasteiger partial charge is 0.380 e. The van der Waals surface area contributed by atoms with Gasteiger partial charge in [-0.2, -0.15) is 5.10 Å². The highest BCUT2D eigenvalue weighted by molar-refractivity contribution is 7.21. The molecule has 2 aromatic carbocycles. The first kappa shape index (κ1) is 20.3. The van der Waals surface area contributed by atoms with E-state index < -0.39 is 0 Å². The maximum atomic E-state index is 14.4. The Labute approximate surface area is 178 Å². The molecule has 5 nitrogen and oxygen atoms in total. The van der Waals surface area contributed by atoms with Crippen LogP contribution in [0.3, 0.4) is 0 Å². The summed E-state index contributed by atoms with van der Waals surface area (Å²) in [5.74, 6) is -0.593. The number of carbonyl (C=O) groups is 1. The van der Waals surface area contributed by atoms with E-state index in [2.05, 4.69) is 10.4 Å². The molecule has 4 aromatic rings. The number of carbonyl (C=O) groups excluding carboxylic acids is 1. The Morgan fingerprint density at radius 3 is 2.73 bits per heavy atom. The standard InChI is InChI=1S/C23H22FN3O2S/c1-14(17-12-25-27(15(17)2)16-8-5-4-6-9-16)26-23(28)22-18(13-29-3)21-19(24)10-7-11-20(21)30-22/h4-12,14H,13H2,1-3H3,(H,26,28). The molecule has 0 fully saturated rings. The molecule has 0 radical (unpaired) electrons. The topological polar surface area (TPSA) is 56.1 Å². The zero-order valence-corrected chi connectivity index (χ0v) is 17.8. The van der Waals surface area contributed by atoms with Gasteiger partial charge in [0.2, 0.25) is 0 Å². The van der Waals surface area contributed by atoms with Crippen LogP contribution < -0.4 is 5.32 Å². The molecule has 2 heterocycles. The molecule has 0 saturated carbocycles. The summed E-state index contributed by atoms with van der Waals surface area (Å²) in [6.07, 6.45) is 1.77. The van der Waals surface area contributed by atoms with Crippen LogP contribution >= 0.6 is 11.3 Å². The first-order chi connectivity index (χ1) is 14.5. The molecule has 0 aliphatic rings. The molecule has 7 heteroatoms. The van der Waals surface area contributed by atoms with Crippen molar-refractivity contribution < 1.29 is 13.9 Å². The Bertz CT molecular complexity index is 1200. The quantitative estimate of drug-likeness (QED) is 0.465. The van der Waals surface area contributed by atoms with Crippen LogP contribution in [-0.4, -0.2) is 22.8 Å². The number of nitrogens with zero attached hydrogens (tertiary/aromatic N) is 2. The van der Waals surface area contributed by atoms with Crippen molar-refractivity contribution in [2.24, 2.45) is 0 Å². The Balaban J connectivity index is 1.63. The highest BCUT2D eigenvalue weighted by Crippen LogP contribution is 2.34. The maximum absolute atomic E-state index is 14.4. The highest BCUT2D eigenvalue weighted by atomic mass is 32.1. The van der Waals surface area contributed by atoms with Gasteiger partial charge < -0.3 is 10.1 Å². The highest BCUT2D eigenvalue weighted by Gasteiger charge is 2.23. The molecule has 30 heavy (non-hydrogen) atoms. The van der Waals surface area contributed by atoms with Crippen LogP contribution in [0, 0.1) is 12.7 Å².